The van der Waals surface area contributed by atoms with Gasteiger partial charge in [0.05, 0.1) is 0 Å². The van der Waals surface area contributed by atoms with Crippen LogP contribution in [0, 0.1) is 5.92 Å². The summed E-state index contributed by atoms with van der Waals surface area (Å²) in [6.45, 7) is 2.00. The van der Waals surface area contributed by atoms with Crippen molar-refractivity contribution >= 4 is 0 Å². The third-order valence-electron chi connectivity index (χ3n) is 3.76. The molecule has 1 atom stereocenters. The molecule has 1 aromatic heterocycles. The lowest BCUT2D eigenvalue weighted by atomic mass is 9.94. The molecular weight excluding hydrogens is 248 g/mol. The van der Waals surface area contributed by atoms with Gasteiger partial charge in [-0.1, -0.05) is 30.4 Å². The standard InChI is InChI=1S/C16H20N4/c1-2-5-13(6-3-1)10-17-11-14-7-4-8-15(9-14)16-18-12-19-20-16/h1-2,4,7-9,12-13,17H,3,5-6,10-11H2,(H,18,19,20). The SMILES string of the molecule is C1=CCC(CNCc2cccc(-c3ncn[nH]3)c2)CC1. The molecule has 4 nitrogen and oxygen atoms in total. The number of nitrogens with zero attached hydrogens (tertiary/aromatic N) is 2. The lowest BCUT2D eigenvalue weighted by Crippen LogP contribution is -2.23. The van der Waals surface area contributed by atoms with E-state index in [2.05, 4.69) is 56.9 Å². The van der Waals surface area contributed by atoms with E-state index >= 15 is 0 Å². The first-order valence-electron chi connectivity index (χ1n) is 7.22. The highest BCUT2D eigenvalue weighted by Crippen LogP contribution is 2.18. The summed E-state index contributed by atoms with van der Waals surface area (Å²) in [5, 5.41) is 10.4. The summed E-state index contributed by atoms with van der Waals surface area (Å²) in [6, 6.07) is 8.43. The van der Waals surface area contributed by atoms with Gasteiger partial charge in [-0.15, -0.1) is 0 Å². The van der Waals surface area contributed by atoms with E-state index in [0.717, 1.165) is 30.4 Å². The first kappa shape index (κ1) is 13.1. The van der Waals surface area contributed by atoms with E-state index in [0.29, 0.717) is 0 Å². The maximum atomic E-state index is 4.19. The molecule has 1 aromatic carbocycles. The lowest BCUT2D eigenvalue weighted by molar-refractivity contribution is 0.440. The number of hydrogen-bond donors (Lipinski definition) is 2. The van der Waals surface area contributed by atoms with Crippen molar-refractivity contribution in [1.29, 1.82) is 0 Å². The van der Waals surface area contributed by atoms with E-state index in [-0.39, 0.29) is 0 Å². The topological polar surface area (TPSA) is 53.6 Å². The van der Waals surface area contributed by atoms with E-state index in [1.165, 1.54) is 31.2 Å². The summed E-state index contributed by atoms with van der Waals surface area (Å²) >= 11 is 0. The summed E-state index contributed by atoms with van der Waals surface area (Å²) in [4.78, 5) is 4.19. The first-order valence-corrected chi connectivity index (χ1v) is 7.22. The maximum absolute atomic E-state index is 4.19. The molecule has 3 rings (SSSR count). The molecule has 2 aromatic rings. The molecule has 0 amide bonds. The molecule has 0 fully saturated rings. The molecule has 104 valence electrons. The zero-order valence-corrected chi connectivity index (χ0v) is 11.5. The summed E-state index contributed by atoms with van der Waals surface area (Å²) in [5.41, 5.74) is 2.37. The fourth-order valence-electron chi connectivity index (χ4n) is 2.64. The van der Waals surface area contributed by atoms with Crippen LogP contribution >= 0.6 is 0 Å². The van der Waals surface area contributed by atoms with Gasteiger partial charge in [0, 0.05) is 12.1 Å². The van der Waals surface area contributed by atoms with Crippen molar-refractivity contribution in [1.82, 2.24) is 20.5 Å². The molecule has 0 saturated carbocycles. The predicted molar refractivity (Wildman–Crippen MR) is 80.0 cm³/mol. The van der Waals surface area contributed by atoms with Gasteiger partial charge in [-0.25, -0.2) is 4.98 Å². The van der Waals surface area contributed by atoms with Gasteiger partial charge < -0.3 is 5.32 Å². The Balaban J connectivity index is 1.55. The van der Waals surface area contributed by atoms with Crippen LogP contribution < -0.4 is 5.32 Å². The quantitative estimate of drug-likeness (QED) is 0.820. The second kappa shape index (κ2) is 6.48. The normalized spacial score (nSPS) is 18.3. The molecule has 1 aliphatic rings. The largest absolute Gasteiger partial charge is 0.312 e. The van der Waals surface area contributed by atoms with Crippen molar-refractivity contribution in [2.45, 2.75) is 25.8 Å². The number of nitrogens with one attached hydrogen (secondary N) is 2. The summed E-state index contributed by atoms with van der Waals surface area (Å²) in [7, 11) is 0. The van der Waals surface area contributed by atoms with Crippen LogP contribution in [0.25, 0.3) is 11.4 Å². The second-order valence-corrected chi connectivity index (χ2v) is 5.32. The highest BCUT2D eigenvalue weighted by molar-refractivity contribution is 5.55. The first-order chi connectivity index (χ1) is 9.92. The number of aromatic amines is 1. The van der Waals surface area contributed by atoms with Gasteiger partial charge in [-0.2, -0.15) is 5.10 Å². The van der Waals surface area contributed by atoms with Crippen molar-refractivity contribution in [2.75, 3.05) is 6.54 Å². The van der Waals surface area contributed by atoms with Gasteiger partial charge in [0.25, 0.3) is 0 Å². The molecule has 0 bridgehead atoms. The van der Waals surface area contributed by atoms with E-state index in [1.807, 2.05) is 0 Å². The molecule has 1 aliphatic carbocycles. The fraction of sp³-hybridized carbons (Fsp3) is 0.375. The third-order valence-corrected chi connectivity index (χ3v) is 3.76. The lowest BCUT2D eigenvalue weighted by Gasteiger charge is -2.18. The van der Waals surface area contributed by atoms with Crippen LogP contribution in [0.4, 0.5) is 0 Å². The Morgan fingerprint density at radius 3 is 3.10 bits per heavy atom. The van der Waals surface area contributed by atoms with Crippen LogP contribution in [0.1, 0.15) is 24.8 Å². The fourth-order valence-corrected chi connectivity index (χ4v) is 2.64. The monoisotopic (exact) mass is 268 g/mol. The molecule has 1 unspecified atom stereocenters. The van der Waals surface area contributed by atoms with Crippen LogP contribution in [0.5, 0.6) is 0 Å². The van der Waals surface area contributed by atoms with Gasteiger partial charge >= 0.3 is 0 Å². The molecule has 2 N–H and O–H groups in total. The molecule has 0 saturated heterocycles. The Labute approximate surface area is 119 Å². The Morgan fingerprint density at radius 2 is 2.30 bits per heavy atom. The zero-order valence-electron chi connectivity index (χ0n) is 11.5. The van der Waals surface area contributed by atoms with Crippen molar-refractivity contribution in [3.8, 4) is 11.4 Å². The number of H-pyrrole nitrogens is 1. The molecule has 4 heteroatoms. The zero-order chi connectivity index (χ0) is 13.6. The van der Waals surface area contributed by atoms with Gasteiger partial charge in [-0.05, 0) is 43.4 Å². The van der Waals surface area contributed by atoms with Crippen LogP contribution in [0.2, 0.25) is 0 Å². The Kier molecular flexibility index (Phi) is 4.23. The van der Waals surface area contributed by atoms with E-state index < -0.39 is 0 Å². The highest BCUT2D eigenvalue weighted by atomic mass is 15.2. The molecule has 0 aliphatic heterocycles. The molecular formula is C16H20N4. The molecule has 20 heavy (non-hydrogen) atoms. The smallest absolute Gasteiger partial charge is 0.155 e. The van der Waals surface area contributed by atoms with Crippen LogP contribution in [-0.2, 0) is 6.54 Å². The molecule has 1 heterocycles. The van der Waals surface area contributed by atoms with Gasteiger partial charge in [0.2, 0.25) is 0 Å². The number of allylic oxidation sites excluding steroid dienone is 2. The summed E-state index contributed by atoms with van der Waals surface area (Å²) in [6.07, 6.45) is 9.88. The minimum Gasteiger partial charge on any atom is -0.312 e. The molecule has 0 spiro atoms. The minimum atomic E-state index is 0.789. The molecule has 0 radical (unpaired) electrons. The minimum absolute atomic E-state index is 0.789. The van der Waals surface area contributed by atoms with E-state index in [4.69, 9.17) is 0 Å². The average molecular weight is 268 g/mol. The Bertz CT molecular complexity index is 560. The van der Waals surface area contributed by atoms with Crippen molar-refractivity contribution in [3.63, 3.8) is 0 Å². The van der Waals surface area contributed by atoms with Crippen LogP contribution in [0.15, 0.2) is 42.7 Å². The average Bonchev–Trinajstić information content (AvgIpc) is 3.03. The summed E-state index contributed by atoms with van der Waals surface area (Å²) in [5.74, 6) is 1.61. The van der Waals surface area contributed by atoms with Crippen LogP contribution in [-0.4, -0.2) is 21.7 Å². The van der Waals surface area contributed by atoms with E-state index in [9.17, 15) is 0 Å². The number of benzene rings is 1. The van der Waals surface area contributed by atoms with E-state index in [1.54, 1.807) is 0 Å². The Hall–Kier alpha value is -1.94. The van der Waals surface area contributed by atoms with Gasteiger partial charge in [0.15, 0.2) is 5.82 Å². The Morgan fingerprint density at radius 1 is 1.30 bits per heavy atom. The van der Waals surface area contributed by atoms with Gasteiger partial charge in [-0.3, -0.25) is 5.10 Å². The third kappa shape index (κ3) is 3.33. The van der Waals surface area contributed by atoms with Crippen molar-refractivity contribution in [3.05, 3.63) is 48.3 Å². The predicted octanol–water partition coefficient (Wildman–Crippen LogP) is 2.92. The van der Waals surface area contributed by atoms with Crippen LogP contribution in [0.3, 0.4) is 0 Å². The number of rotatable bonds is 5. The van der Waals surface area contributed by atoms with Crippen molar-refractivity contribution in [2.24, 2.45) is 5.92 Å². The van der Waals surface area contributed by atoms with Crippen molar-refractivity contribution < 1.29 is 0 Å². The second-order valence-electron chi connectivity index (χ2n) is 5.32. The summed E-state index contributed by atoms with van der Waals surface area (Å²) < 4.78 is 0. The maximum Gasteiger partial charge on any atom is 0.155 e. The van der Waals surface area contributed by atoms with Gasteiger partial charge in [0.1, 0.15) is 6.33 Å². The number of aromatic nitrogens is 3. The number of hydrogen-bond acceptors (Lipinski definition) is 3. The highest BCUT2D eigenvalue weighted by Gasteiger charge is 2.09.